The molecule has 0 spiro atoms. The Morgan fingerprint density at radius 3 is 2.55 bits per heavy atom. The molecule has 0 unspecified atom stereocenters. The second-order valence-electron chi connectivity index (χ2n) is 5.23. The van der Waals surface area contributed by atoms with Crippen LogP contribution in [-0.2, 0) is 0 Å². The van der Waals surface area contributed by atoms with E-state index in [0.29, 0.717) is 6.42 Å². The van der Waals surface area contributed by atoms with Crippen molar-refractivity contribution in [3.05, 3.63) is 35.4 Å². The van der Waals surface area contributed by atoms with Crippen LogP contribution >= 0.6 is 0 Å². The van der Waals surface area contributed by atoms with Crippen LogP contribution in [0.2, 0.25) is 0 Å². The molecule has 1 rings (SSSR count). The van der Waals surface area contributed by atoms with E-state index < -0.39 is 0 Å². The van der Waals surface area contributed by atoms with Crippen LogP contribution < -0.4 is 5.73 Å². The Hall–Kier alpha value is -1.59. The third kappa shape index (κ3) is 6.54. The van der Waals surface area contributed by atoms with Gasteiger partial charge in [0.05, 0.1) is 6.04 Å². The normalized spacial score (nSPS) is 11.6. The maximum atomic E-state index is 12.0. The standard InChI is InChI=1S/C18H25NO/c1-3-4-5-6-7-8-9-17(19)14-18(20)16-12-10-15(2)11-13-16/h10-13,17H,3-7,14,19H2,1-2H3/t17-/m1/s1. The highest BCUT2D eigenvalue weighted by atomic mass is 16.1. The minimum atomic E-state index is -0.352. The van der Waals surface area contributed by atoms with Crippen molar-refractivity contribution in [3.63, 3.8) is 0 Å². The summed E-state index contributed by atoms with van der Waals surface area (Å²) < 4.78 is 0. The molecule has 0 saturated heterocycles. The van der Waals surface area contributed by atoms with Gasteiger partial charge < -0.3 is 5.73 Å². The number of rotatable bonds is 7. The first-order chi connectivity index (χ1) is 9.63. The van der Waals surface area contributed by atoms with Gasteiger partial charge in [-0.15, -0.1) is 5.92 Å². The molecule has 1 aromatic rings. The summed E-state index contributed by atoms with van der Waals surface area (Å²) in [6, 6.07) is 7.23. The Kier molecular flexibility index (Phi) is 7.69. The highest BCUT2D eigenvalue weighted by Crippen LogP contribution is 2.07. The number of carbonyl (C=O) groups is 1. The van der Waals surface area contributed by atoms with Gasteiger partial charge in [0.15, 0.2) is 5.78 Å². The molecule has 20 heavy (non-hydrogen) atoms. The largest absolute Gasteiger partial charge is 0.317 e. The smallest absolute Gasteiger partial charge is 0.165 e. The minimum absolute atomic E-state index is 0.0674. The summed E-state index contributed by atoms with van der Waals surface area (Å²) in [5.74, 6) is 6.13. The molecule has 0 bridgehead atoms. The van der Waals surface area contributed by atoms with Crippen molar-refractivity contribution in [1.29, 1.82) is 0 Å². The second kappa shape index (κ2) is 9.34. The number of Topliss-reactive ketones (excluding diaryl/α,β-unsaturated/α-hetero) is 1. The van der Waals surface area contributed by atoms with Crippen LogP contribution in [0.5, 0.6) is 0 Å². The van der Waals surface area contributed by atoms with E-state index in [9.17, 15) is 4.79 Å². The lowest BCUT2D eigenvalue weighted by Crippen LogP contribution is -2.21. The van der Waals surface area contributed by atoms with Crippen LogP contribution in [0.15, 0.2) is 24.3 Å². The van der Waals surface area contributed by atoms with Gasteiger partial charge in [-0.3, -0.25) is 4.79 Å². The van der Waals surface area contributed by atoms with Gasteiger partial charge in [-0.25, -0.2) is 0 Å². The first kappa shape index (κ1) is 16.5. The van der Waals surface area contributed by atoms with Crippen molar-refractivity contribution in [2.45, 2.75) is 58.4 Å². The van der Waals surface area contributed by atoms with Crippen molar-refractivity contribution in [1.82, 2.24) is 0 Å². The van der Waals surface area contributed by atoms with Crippen molar-refractivity contribution in [3.8, 4) is 11.8 Å². The zero-order valence-electron chi connectivity index (χ0n) is 12.6. The number of unbranched alkanes of at least 4 members (excludes halogenated alkanes) is 4. The monoisotopic (exact) mass is 271 g/mol. The van der Waals surface area contributed by atoms with Gasteiger partial charge in [-0.1, -0.05) is 61.9 Å². The number of benzene rings is 1. The molecule has 0 radical (unpaired) electrons. The van der Waals surface area contributed by atoms with Crippen molar-refractivity contribution in [2.24, 2.45) is 5.73 Å². The van der Waals surface area contributed by atoms with Crippen LogP contribution in [0.25, 0.3) is 0 Å². The number of carbonyl (C=O) groups excluding carboxylic acids is 1. The van der Waals surface area contributed by atoms with Gasteiger partial charge in [0.1, 0.15) is 0 Å². The van der Waals surface area contributed by atoms with Crippen LogP contribution in [0.3, 0.4) is 0 Å². The molecular formula is C18H25NO. The molecule has 0 aliphatic heterocycles. The van der Waals surface area contributed by atoms with Crippen molar-refractivity contribution in [2.75, 3.05) is 0 Å². The third-order valence-corrected chi connectivity index (χ3v) is 3.22. The Morgan fingerprint density at radius 2 is 1.90 bits per heavy atom. The summed E-state index contributed by atoms with van der Waals surface area (Å²) in [5, 5.41) is 0. The molecule has 0 heterocycles. The summed E-state index contributed by atoms with van der Waals surface area (Å²) in [4.78, 5) is 12.0. The van der Waals surface area contributed by atoms with Gasteiger partial charge in [0.2, 0.25) is 0 Å². The SMILES string of the molecule is CCCCCCC#C[C@@H](N)CC(=O)c1ccc(C)cc1. The predicted octanol–water partition coefficient (Wildman–Crippen LogP) is 3.87. The van der Waals surface area contributed by atoms with E-state index >= 15 is 0 Å². The molecule has 2 nitrogen and oxygen atoms in total. The van der Waals surface area contributed by atoms with Gasteiger partial charge in [0.25, 0.3) is 0 Å². The quantitative estimate of drug-likeness (QED) is 0.465. The fraction of sp³-hybridized carbons (Fsp3) is 0.500. The van der Waals surface area contributed by atoms with Crippen molar-refractivity contribution < 1.29 is 4.79 Å². The van der Waals surface area contributed by atoms with E-state index in [-0.39, 0.29) is 11.8 Å². The van der Waals surface area contributed by atoms with Crippen LogP contribution in [0.1, 0.15) is 61.4 Å². The Morgan fingerprint density at radius 1 is 1.20 bits per heavy atom. The van der Waals surface area contributed by atoms with Gasteiger partial charge >= 0.3 is 0 Å². The topological polar surface area (TPSA) is 43.1 Å². The Bertz CT molecular complexity index is 464. The molecular weight excluding hydrogens is 246 g/mol. The molecule has 0 aliphatic rings. The number of hydrogen-bond donors (Lipinski definition) is 1. The number of ketones is 1. The number of nitrogens with two attached hydrogens (primary N) is 1. The van der Waals surface area contributed by atoms with Gasteiger partial charge in [0, 0.05) is 18.4 Å². The van der Waals surface area contributed by atoms with E-state index in [1.807, 2.05) is 31.2 Å². The summed E-state index contributed by atoms with van der Waals surface area (Å²) in [7, 11) is 0. The first-order valence-electron chi connectivity index (χ1n) is 7.47. The minimum Gasteiger partial charge on any atom is -0.317 e. The fourth-order valence-electron chi connectivity index (χ4n) is 1.95. The molecule has 0 saturated carbocycles. The third-order valence-electron chi connectivity index (χ3n) is 3.22. The first-order valence-corrected chi connectivity index (χ1v) is 7.47. The number of hydrogen-bond acceptors (Lipinski definition) is 2. The van der Waals surface area contributed by atoms with E-state index in [4.69, 9.17) is 5.73 Å². The molecule has 1 atom stereocenters. The lowest BCUT2D eigenvalue weighted by molar-refractivity contribution is 0.0980. The lowest BCUT2D eigenvalue weighted by atomic mass is 10.0. The van der Waals surface area contributed by atoms with E-state index in [1.165, 1.54) is 19.3 Å². The maximum absolute atomic E-state index is 12.0. The molecule has 2 heteroatoms. The zero-order valence-corrected chi connectivity index (χ0v) is 12.6. The number of aryl methyl sites for hydroxylation is 1. The molecule has 0 aromatic heterocycles. The fourth-order valence-corrected chi connectivity index (χ4v) is 1.95. The van der Waals surface area contributed by atoms with Crippen LogP contribution in [-0.4, -0.2) is 11.8 Å². The van der Waals surface area contributed by atoms with Crippen LogP contribution in [0.4, 0.5) is 0 Å². The summed E-state index contributed by atoms with van der Waals surface area (Å²) in [5.41, 5.74) is 7.76. The summed E-state index contributed by atoms with van der Waals surface area (Å²) in [6.07, 6.45) is 6.03. The predicted molar refractivity (Wildman–Crippen MR) is 84.6 cm³/mol. The molecule has 0 aliphatic carbocycles. The summed E-state index contributed by atoms with van der Waals surface area (Å²) in [6.45, 7) is 4.20. The molecule has 2 N–H and O–H groups in total. The highest BCUT2D eigenvalue weighted by molar-refractivity contribution is 5.96. The molecule has 108 valence electrons. The van der Waals surface area contributed by atoms with Gasteiger partial charge in [-0.2, -0.15) is 0 Å². The summed E-state index contributed by atoms with van der Waals surface area (Å²) >= 11 is 0. The van der Waals surface area contributed by atoms with E-state index in [0.717, 1.165) is 24.0 Å². The maximum Gasteiger partial charge on any atom is 0.165 e. The van der Waals surface area contributed by atoms with E-state index in [1.54, 1.807) is 0 Å². The average Bonchev–Trinajstić information content (AvgIpc) is 2.43. The van der Waals surface area contributed by atoms with Crippen molar-refractivity contribution >= 4 is 5.78 Å². The Labute approximate surface area is 122 Å². The molecule has 1 aromatic carbocycles. The Balaban J connectivity index is 2.34. The molecule has 0 fully saturated rings. The second-order valence-corrected chi connectivity index (χ2v) is 5.23. The molecule has 0 amide bonds. The van der Waals surface area contributed by atoms with E-state index in [2.05, 4.69) is 18.8 Å². The zero-order chi connectivity index (χ0) is 14.8. The average molecular weight is 271 g/mol. The highest BCUT2D eigenvalue weighted by Gasteiger charge is 2.09. The van der Waals surface area contributed by atoms with Gasteiger partial charge in [-0.05, 0) is 13.3 Å². The van der Waals surface area contributed by atoms with Crippen LogP contribution in [0, 0.1) is 18.8 Å². The lowest BCUT2D eigenvalue weighted by Gasteiger charge is -2.04.